The third-order valence-corrected chi connectivity index (χ3v) is 4.45. The summed E-state index contributed by atoms with van der Waals surface area (Å²) in [5, 5.41) is 1.17. The number of anilines is 1. The zero-order valence-electron chi connectivity index (χ0n) is 13.6. The van der Waals surface area contributed by atoms with Crippen molar-refractivity contribution in [3.63, 3.8) is 0 Å². The number of hydrogen-bond acceptors (Lipinski definition) is 4. The molecule has 4 nitrogen and oxygen atoms in total. The first-order chi connectivity index (χ1) is 11.8. The van der Waals surface area contributed by atoms with Crippen molar-refractivity contribution in [3.05, 3.63) is 60.2 Å². The second-order valence-electron chi connectivity index (χ2n) is 6.24. The van der Waals surface area contributed by atoms with E-state index in [-0.39, 0.29) is 0 Å². The SMILES string of the molecule is Nc1cccc(-c2ccc3cc(CN4CCOCC4)ccc3n2)c1. The van der Waals surface area contributed by atoms with Gasteiger partial charge in [-0.25, -0.2) is 4.98 Å². The minimum Gasteiger partial charge on any atom is -0.399 e. The quantitative estimate of drug-likeness (QED) is 0.753. The molecule has 0 saturated carbocycles. The van der Waals surface area contributed by atoms with Crippen LogP contribution in [0.5, 0.6) is 0 Å². The summed E-state index contributed by atoms with van der Waals surface area (Å²) in [5.41, 5.74) is 11.0. The van der Waals surface area contributed by atoms with Gasteiger partial charge in [-0.15, -0.1) is 0 Å². The van der Waals surface area contributed by atoms with Crippen molar-refractivity contribution in [2.24, 2.45) is 0 Å². The predicted molar refractivity (Wildman–Crippen MR) is 97.7 cm³/mol. The van der Waals surface area contributed by atoms with Crippen LogP contribution in [-0.2, 0) is 11.3 Å². The van der Waals surface area contributed by atoms with Gasteiger partial charge >= 0.3 is 0 Å². The van der Waals surface area contributed by atoms with Gasteiger partial charge in [0.2, 0.25) is 0 Å². The van der Waals surface area contributed by atoms with E-state index in [1.165, 1.54) is 10.9 Å². The number of rotatable bonds is 3. The second kappa shape index (κ2) is 6.59. The minimum atomic E-state index is 0.759. The Morgan fingerprint density at radius 1 is 1.00 bits per heavy atom. The highest BCUT2D eigenvalue weighted by Gasteiger charge is 2.11. The van der Waals surface area contributed by atoms with Crippen molar-refractivity contribution >= 4 is 16.6 Å². The van der Waals surface area contributed by atoms with Crippen molar-refractivity contribution in [1.29, 1.82) is 0 Å². The molecule has 2 aromatic carbocycles. The van der Waals surface area contributed by atoms with Gasteiger partial charge in [0.15, 0.2) is 0 Å². The molecule has 122 valence electrons. The molecule has 4 rings (SSSR count). The lowest BCUT2D eigenvalue weighted by Gasteiger charge is -2.26. The van der Waals surface area contributed by atoms with Crippen LogP contribution in [0.4, 0.5) is 5.69 Å². The molecule has 0 radical (unpaired) electrons. The molecule has 0 bridgehead atoms. The van der Waals surface area contributed by atoms with E-state index in [9.17, 15) is 0 Å². The maximum Gasteiger partial charge on any atom is 0.0710 e. The molecule has 2 heterocycles. The highest BCUT2D eigenvalue weighted by molar-refractivity contribution is 5.82. The van der Waals surface area contributed by atoms with E-state index in [2.05, 4.69) is 35.2 Å². The zero-order chi connectivity index (χ0) is 16.4. The summed E-state index contributed by atoms with van der Waals surface area (Å²) >= 11 is 0. The van der Waals surface area contributed by atoms with E-state index in [1.807, 2.05) is 24.3 Å². The topological polar surface area (TPSA) is 51.4 Å². The number of nitrogen functional groups attached to an aromatic ring is 1. The molecule has 4 heteroatoms. The summed E-state index contributed by atoms with van der Waals surface area (Å²) in [6.45, 7) is 4.64. The van der Waals surface area contributed by atoms with Crippen LogP contribution in [0.1, 0.15) is 5.56 Å². The fourth-order valence-electron chi connectivity index (χ4n) is 3.15. The average Bonchev–Trinajstić information content (AvgIpc) is 2.62. The van der Waals surface area contributed by atoms with Gasteiger partial charge in [-0.1, -0.05) is 24.3 Å². The highest BCUT2D eigenvalue weighted by Crippen LogP contribution is 2.23. The third kappa shape index (κ3) is 3.25. The molecule has 0 atom stereocenters. The lowest BCUT2D eigenvalue weighted by Crippen LogP contribution is -2.35. The number of morpholine rings is 1. The Kier molecular flexibility index (Phi) is 4.15. The van der Waals surface area contributed by atoms with Crippen molar-refractivity contribution in [3.8, 4) is 11.3 Å². The van der Waals surface area contributed by atoms with Crippen LogP contribution in [-0.4, -0.2) is 36.2 Å². The lowest BCUT2D eigenvalue weighted by molar-refractivity contribution is 0.0342. The largest absolute Gasteiger partial charge is 0.399 e. The van der Waals surface area contributed by atoms with Gasteiger partial charge in [-0.2, -0.15) is 0 Å². The maximum absolute atomic E-state index is 5.88. The lowest BCUT2D eigenvalue weighted by atomic mass is 10.1. The average molecular weight is 319 g/mol. The van der Waals surface area contributed by atoms with Crippen LogP contribution in [0.25, 0.3) is 22.2 Å². The molecule has 2 N–H and O–H groups in total. The Morgan fingerprint density at radius 2 is 1.88 bits per heavy atom. The molecule has 3 aromatic rings. The van der Waals surface area contributed by atoms with E-state index in [1.54, 1.807) is 0 Å². The fraction of sp³-hybridized carbons (Fsp3) is 0.250. The van der Waals surface area contributed by atoms with Gasteiger partial charge in [0.25, 0.3) is 0 Å². The number of fused-ring (bicyclic) bond motifs is 1. The minimum absolute atomic E-state index is 0.759. The monoisotopic (exact) mass is 319 g/mol. The molecule has 0 spiro atoms. The first-order valence-corrected chi connectivity index (χ1v) is 8.34. The number of nitrogens with zero attached hydrogens (tertiary/aromatic N) is 2. The van der Waals surface area contributed by atoms with Crippen LogP contribution in [0, 0.1) is 0 Å². The number of pyridine rings is 1. The molecule has 0 unspecified atom stereocenters. The highest BCUT2D eigenvalue weighted by atomic mass is 16.5. The molecule has 1 aliphatic heterocycles. The van der Waals surface area contributed by atoms with E-state index >= 15 is 0 Å². The van der Waals surface area contributed by atoms with Crippen LogP contribution < -0.4 is 5.73 Å². The second-order valence-corrected chi connectivity index (χ2v) is 6.24. The van der Waals surface area contributed by atoms with E-state index in [4.69, 9.17) is 15.5 Å². The standard InChI is InChI=1S/C20H21N3O/c21-18-3-1-2-16(13-18)20-7-5-17-12-15(4-6-19(17)22-20)14-23-8-10-24-11-9-23/h1-7,12-13H,8-11,14,21H2. The van der Waals surface area contributed by atoms with Crippen LogP contribution in [0.3, 0.4) is 0 Å². The number of benzene rings is 2. The van der Waals surface area contributed by atoms with Gasteiger partial charge in [0.1, 0.15) is 0 Å². The van der Waals surface area contributed by atoms with Crippen LogP contribution >= 0.6 is 0 Å². The van der Waals surface area contributed by atoms with Gasteiger partial charge in [-0.05, 0) is 35.9 Å². The van der Waals surface area contributed by atoms with Crippen molar-refractivity contribution in [2.45, 2.75) is 6.54 Å². The number of nitrogens with two attached hydrogens (primary N) is 1. The molecule has 1 aromatic heterocycles. The van der Waals surface area contributed by atoms with Crippen LogP contribution in [0.2, 0.25) is 0 Å². The van der Waals surface area contributed by atoms with Crippen LogP contribution in [0.15, 0.2) is 54.6 Å². The van der Waals surface area contributed by atoms with Gasteiger partial charge in [-0.3, -0.25) is 4.90 Å². The summed E-state index contributed by atoms with van der Waals surface area (Å²) in [6, 6.07) is 18.6. The van der Waals surface area contributed by atoms with E-state index < -0.39 is 0 Å². The molecule has 24 heavy (non-hydrogen) atoms. The normalized spacial score (nSPS) is 15.7. The Hall–Kier alpha value is -2.43. The first kappa shape index (κ1) is 15.1. The molecular formula is C20H21N3O. The summed E-state index contributed by atoms with van der Waals surface area (Å²) < 4.78 is 5.41. The Bertz CT molecular complexity index is 856. The Labute approximate surface area is 141 Å². The van der Waals surface area contributed by atoms with Gasteiger partial charge < -0.3 is 10.5 Å². The molecule has 0 aliphatic carbocycles. The molecule has 1 aliphatic rings. The summed E-state index contributed by atoms with van der Waals surface area (Å²) in [7, 11) is 0. The number of ether oxygens (including phenoxy) is 1. The fourth-order valence-corrected chi connectivity index (χ4v) is 3.15. The molecular weight excluding hydrogens is 298 g/mol. The third-order valence-electron chi connectivity index (χ3n) is 4.45. The Morgan fingerprint density at radius 3 is 2.71 bits per heavy atom. The van der Waals surface area contributed by atoms with E-state index in [0.29, 0.717) is 0 Å². The van der Waals surface area contributed by atoms with E-state index in [0.717, 1.165) is 55.3 Å². The van der Waals surface area contributed by atoms with Crippen molar-refractivity contribution in [2.75, 3.05) is 32.0 Å². The maximum atomic E-state index is 5.88. The Balaban J connectivity index is 1.60. The predicted octanol–water partition coefficient (Wildman–Crippen LogP) is 3.32. The number of hydrogen-bond donors (Lipinski definition) is 1. The number of aromatic nitrogens is 1. The molecule has 1 saturated heterocycles. The molecule has 0 amide bonds. The first-order valence-electron chi connectivity index (χ1n) is 8.34. The van der Waals surface area contributed by atoms with Gasteiger partial charge in [0, 0.05) is 36.3 Å². The summed E-state index contributed by atoms with van der Waals surface area (Å²) in [4.78, 5) is 7.22. The molecule has 1 fully saturated rings. The smallest absolute Gasteiger partial charge is 0.0710 e. The van der Waals surface area contributed by atoms with Crippen molar-refractivity contribution < 1.29 is 4.74 Å². The summed E-state index contributed by atoms with van der Waals surface area (Å²) in [6.07, 6.45) is 0. The van der Waals surface area contributed by atoms with Gasteiger partial charge in [0.05, 0.1) is 24.4 Å². The summed E-state index contributed by atoms with van der Waals surface area (Å²) in [5.74, 6) is 0. The zero-order valence-corrected chi connectivity index (χ0v) is 13.6. The van der Waals surface area contributed by atoms with Crippen molar-refractivity contribution in [1.82, 2.24) is 9.88 Å².